The Kier molecular flexibility index (Phi) is 7.20. The van der Waals surface area contributed by atoms with Gasteiger partial charge in [-0.15, -0.1) is 0 Å². The second kappa shape index (κ2) is 10.1. The molecule has 1 fully saturated rings. The van der Waals surface area contributed by atoms with Gasteiger partial charge < -0.3 is 14.4 Å². The van der Waals surface area contributed by atoms with Crippen LogP contribution in [0.2, 0.25) is 0 Å². The van der Waals surface area contributed by atoms with E-state index >= 15 is 0 Å². The van der Waals surface area contributed by atoms with Crippen LogP contribution in [-0.2, 0) is 9.84 Å². The van der Waals surface area contributed by atoms with Crippen molar-refractivity contribution in [2.24, 2.45) is 5.92 Å². The molecular formula is C28H33FNO2Si. The van der Waals surface area contributed by atoms with E-state index in [4.69, 9.17) is 4.43 Å². The molecule has 0 amide bonds. The van der Waals surface area contributed by atoms with Crippen molar-refractivity contribution in [2.75, 3.05) is 24.6 Å². The number of nitrogens with zero attached hydrogens (tertiary/aromatic N) is 1. The Morgan fingerprint density at radius 2 is 1.55 bits per heavy atom. The molecule has 173 valence electrons. The molecule has 0 bridgehead atoms. The van der Waals surface area contributed by atoms with Crippen LogP contribution in [0, 0.1) is 11.7 Å². The normalized spacial score (nSPS) is 15.2. The van der Waals surface area contributed by atoms with Gasteiger partial charge >= 0.3 is 0 Å². The van der Waals surface area contributed by atoms with Crippen LogP contribution in [0.25, 0.3) is 0 Å². The van der Waals surface area contributed by atoms with Gasteiger partial charge in [0.1, 0.15) is 17.3 Å². The molecule has 4 rings (SSSR count). The predicted molar refractivity (Wildman–Crippen MR) is 136 cm³/mol. The van der Waals surface area contributed by atoms with Crippen molar-refractivity contribution < 1.29 is 13.9 Å². The Morgan fingerprint density at radius 3 is 2.15 bits per heavy atom. The maximum Gasteiger partial charge on any atom is 0.282 e. The van der Waals surface area contributed by atoms with E-state index in [0.29, 0.717) is 18.2 Å². The van der Waals surface area contributed by atoms with E-state index in [1.165, 1.54) is 28.1 Å². The number of hydrogen-bond donors (Lipinski definition) is 1. The second-order valence-corrected chi connectivity index (χ2v) is 12.0. The smallest absolute Gasteiger partial charge is 0.282 e. The number of anilines is 1. The lowest BCUT2D eigenvalue weighted by Gasteiger charge is -2.34. The highest BCUT2D eigenvalue weighted by molar-refractivity contribution is 6.80. The fourth-order valence-corrected chi connectivity index (χ4v) is 6.42. The number of rotatable bonds is 6. The molecule has 0 unspecified atom stereocenters. The lowest BCUT2D eigenvalue weighted by Crippen LogP contribution is -2.46. The summed E-state index contributed by atoms with van der Waals surface area (Å²) in [6, 6.07) is 23.9. The van der Waals surface area contributed by atoms with Crippen LogP contribution in [0.4, 0.5) is 10.1 Å². The number of benzene rings is 3. The molecule has 3 aromatic carbocycles. The minimum atomic E-state index is -1.35. The molecule has 0 spiro atoms. The number of halogens is 1. The molecule has 5 heteroatoms. The summed E-state index contributed by atoms with van der Waals surface area (Å²) < 4.78 is 20.9. The van der Waals surface area contributed by atoms with Gasteiger partial charge in [0.25, 0.3) is 9.04 Å². The topological polar surface area (TPSA) is 32.7 Å². The molecule has 3 nitrogen and oxygen atoms in total. The summed E-state index contributed by atoms with van der Waals surface area (Å²) in [5.41, 5.74) is 1.77. The summed E-state index contributed by atoms with van der Waals surface area (Å²) in [6.45, 7) is 8.83. The van der Waals surface area contributed by atoms with Gasteiger partial charge in [-0.05, 0) is 52.2 Å². The highest BCUT2D eigenvalue weighted by atomic mass is 28.3. The third-order valence-corrected chi connectivity index (χ3v) is 8.58. The highest BCUT2D eigenvalue weighted by Crippen LogP contribution is 2.33. The number of hydrogen-bond acceptors (Lipinski definition) is 3. The number of para-hydroxylation sites is 1. The molecule has 33 heavy (non-hydrogen) atoms. The van der Waals surface area contributed by atoms with Crippen LogP contribution in [0.3, 0.4) is 0 Å². The molecule has 0 aliphatic carbocycles. The van der Waals surface area contributed by atoms with Crippen molar-refractivity contribution in [3.05, 3.63) is 84.2 Å². The van der Waals surface area contributed by atoms with Crippen LogP contribution in [0.15, 0.2) is 72.8 Å². The highest BCUT2D eigenvalue weighted by Gasteiger charge is 2.26. The molecule has 0 saturated carbocycles. The van der Waals surface area contributed by atoms with E-state index in [2.05, 4.69) is 69.3 Å². The van der Waals surface area contributed by atoms with Crippen molar-refractivity contribution in [2.45, 2.75) is 39.0 Å². The molecule has 1 heterocycles. The standard InChI is InChI=1S/C28H33FNO2Si/c1-28(2,3)22-12-14-24(15-13-22)33(23-8-5-4-6-9-23)32-20-21-16-18-30(19-17-21)27-25(29)10-7-11-26(27)31/h4-15,21,31H,16-20H2,1-3H3. The van der Waals surface area contributed by atoms with Gasteiger partial charge in [-0.3, -0.25) is 0 Å². The predicted octanol–water partition coefficient (Wildman–Crippen LogP) is 4.87. The summed E-state index contributed by atoms with van der Waals surface area (Å²) in [6.07, 6.45) is 1.83. The van der Waals surface area contributed by atoms with Crippen molar-refractivity contribution in [3.8, 4) is 5.75 Å². The van der Waals surface area contributed by atoms with Crippen LogP contribution in [-0.4, -0.2) is 33.8 Å². The third kappa shape index (κ3) is 5.65. The van der Waals surface area contributed by atoms with Gasteiger partial charge in [0, 0.05) is 19.7 Å². The van der Waals surface area contributed by atoms with E-state index in [1.807, 2.05) is 11.0 Å². The molecular weight excluding hydrogens is 429 g/mol. The van der Waals surface area contributed by atoms with Gasteiger partial charge in [0.15, 0.2) is 0 Å². The molecule has 0 atom stereocenters. The minimum absolute atomic E-state index is 0.0120. The molecule has 1 saturated heterocycles. The lowest BCUT2D eigenvalue weighted by atomic mass is 9.87. The average Bonchev–Trinajstić information content (AvgIpc) is 2.80. The van der Waals surface area contributed by atoms with Crippen molar-refractivity contribution >= 4 is 25.1 Å². The van der Waals surface area contributed by atoms with Gasteiger partial charge in [-0.25, -0.2) is 4.39 Å². The number of piperidine rings is 1. The van der Waals surface area contributed by atoms with Crippen molar-refractivity contribution in [1.29, 1.82) is 0 Å². The van der Waals surface area contributed by atoms with Crippen LogP contribution >= 0.6 is 0 Å². The van der Waals surface area contributed by atoms with Gasteiger partial charge in [-0.2, -0.15) is 0 Å². The molecule has 1 aliphatic heterocycles. The van der Waals surface area contributed by atoms with Crippen LogP contribution < -0.4 is 15.3 Å². The Balaban J connectivity index is 1.43. The van der Waals surface area contributed by atoms with Crippen LogP contribution in [0.1, 0.15) is 39.2 Å². The fraction of sp³-hybridized carbons (Fsp3) is 0.357. The van der Waals surface area contributed by atoms with Crippen molar-refractivity contribution in [3.63, 3.8) is 0 Å². The number of phenolic OH excluding ortho intramolecular Hbond substituents is 1. The largest absolute Gasteiger partial charge is 0.506 e. The van der Waals surface area contributed by atoms with Gasteiger partial charge in [-0.1, -0.05) is 81.4 Å². The number of phenols is 1. The lowest BCUT2D eigenvalue weighted by molar-refractivity contribution is 0.229. The first-order valence-electron chi connectivity index (χ1n) is 11.7. The Hall–Kier alpha value is -2.63. The SMILES string of the molecule is CC(C)(C)c1ccc([Si](OCC2CCN(c3c(O)cccc3F)CC2)c2ccccc2)cc1. The molecule has 1 aliphatic rings. The first-order chi connectivity index (χ1) is 15.8. The summed E-state index contributed by atoms with van der Waals surface area (Å²) in [5, 5.41) is 12.6. The Bertz CT molecular complexity index is 1020. The maximum atomic E-state index is 14.2. The fourth-order valence-electron chi connectivity index (χ4n) is 4.39. The van der Waals surface area contributed by atoms with Gasteiger partial charge in [0.05, 0.1) is 0 Å². The second-order valence-electron chi connectivity index (χ2n) is 9.87. The zero-order valence-corrected chi connectivity index (χ0v) is 20.7. The zero-order chi connectivity index (χ0) is 23.4. The van der Waals surface area contributed by atoms with E-state index in [9.17, 15) is 9.50 Å². The van der Waals surface area contributed by atoms with E-state index in [1.54, 1.807) is 6.07 Å². The Labute approximate surface area is 198 Å². The molecule has 3 aromatic rings. The zero-order valence-electron chi connectivity index (χ0n) is 19.7. The first-order valence-corrected chi connectivity index (χ1v) is 13.1. The van der Waals surface area contributed by atoms with Crippen molar-refractivity contribution in [1.82, 2.24) is 0 Å². The number of aromatic hydroxyl groups is 1. The monoisotopic (exact) mass is 462 g/mol. The molecule has 1 N–H and O–H groups in total. The molecule has 1 radical (unpaired) electrons. The third-order valence-electron chi connectivity index (χ3n) is 6.41. The quantitative estimate of drug-likeness (QED) is 0.531. The van der Waals surface area contributed by atoms with Gasteiger partial charge in [0.2, 0.25) is 0 Å². The molecule has 0 aromatic heterocycles. The Morgan fingerprint density at radius 1 is 0.909 bits per heavy atom. The first kappa shape index (κ1) is 23.5. The van der Waals surface area contributed by atoms with Crippen LogP contribution in [0.5, 0.6) is 5.75 Å². The maximum absolute atomic E-state index is 14.2. The summed E-state index contributed by atoms with van der Waals surface area (Å²) in [7, 11) is -1.35. The van der Waals surface area contributed by atoms with E-state index in [0.717, 1.165) is 25.9 Å². The van der Waals surface area contributed by atoms with E-state index < -0.39 is 9.04 Å². The summed E-state index contributed by atoms with van der Waals surface area (Å²) >= 11 is 0. The summed E-state index contributed by atoms with van der Waals surface area (Å²) in [4.78, 5) is 1.95. The van der Waals surface area contributed by atoms with E-state index in [-0.39, 0.29) is 17.0 Å². The summed E-state index contributed by atoms with van der Waals surface area (Å²) in [5.74, 6) is 0.0729. The average molecular weight is 463 g/mol. The minimum Gasteiger partial charge on any atom is -0.506 e.